The number of hydrogen-bond acceptors (Lipinski definition) is 4. The number of nitrogens with zero attached hydrogens (tertiary/aromatic N) is 1. The molecule has 1 aliphatic carbocycles. The Morgan fingerprint density at radius 1 is 1.17 bits per heavy atom. The first-order valence-electron chi connectivity index (χ1n) is 12.2. The Morgan fingerprint density at radius 2 is 1.97 bits per heavy atom. The van der Waals surface area contributed by atoms with Gasteiger partial charge in [0.15, 0.2) is 0 Å². The zero-order valence-corrected chi connectivity index (χ0v) is 20.3. The fourth-order valence-electron chi connectivity index (χ4n) is 5.29. The molecule has 0 bridgehead atoms. The molecule has 1 aromatic heterocycles. The van der Waals surface area contributed by atoms with Crippen LogP contribution in [0.2, 0.25) is 0 Å². The SMILES string of the molecule is COc1ccc(F)c(-c2cnc(C3CCc4ccc(C(C5CC5)[C@H](C)C(=O)O)cc4O3)c(C)c2)c1. The van der Waals surface area contributed by atoms with Crippen molar-refractivity contribution in [3.8, 4) is 22.6 Å². The van der Waals surface area contributed by atoms with E-state index in [2.05, 4.69) is 17.1 Å². The molecule has 0 radical (unpaired) electrons. The number of methoxy groups -OCH3 is 1. The third-order valence-electron chi connectivity index (χ3n) is 7.39. The minimum Gasteiger partial charge on any atom is -0.497 e. The van der Waals surface area contributed by atoms with Crippen LogP contribution in [-0.4, -0.2) is 23.2 Å². The van der Waals surface area contributed by atoms with Crippen LogP contribution in [-0.2, 0) is 11.2 Å². The van der Waals surface area contributed by atoms with E-state index in [1.54, 1.807) is 32.4 Å². The standard InChI is InChI=1S/C29H30FNO4/c1-16-12-21(23-14-22(34-3)9-10-24(23)30)15-31-28(16)25-11-8-18-4-7-20(13-26(18)35-25)27(19-5-6-19)17(2)29(32)33/h4,7,9-10,12-15,17,19,25,27H,5-6,8,11H2,1-3H3,(H,32,33)/t17-,25?,27?/m0/s1. The Labute approximate surface area is 204 Å². The summed E-state index contributed by atoms with van der Waals surface area (Å²) in [5.74, 6) is 0.305. The van der Waals surface area contributed by atoms with Crippen molar-refractivity contribution in [2.45, 2.75) is 51.6 Å². The van der Waals surface area contributed by atoms with Gasteiger partial charge in [-0.1, -0.05) is 19.1 Å². The lowest BCUT2D eigenvalue weighted by atomic mass is 9.82. The number of benzene rings is 2. The third-order valence-corrected chi connectivity index (χ3v) is 7.39. The molecule has 0 spiro atoms. The molecule has 6 heteroatoms. The first kappa shape index (κ1) is 23.3. The largest absolute Gasteiger partial charge is 0.497 e. The molecule has 1 fully saturated rings. The smallest absolute Gasteiger partial charge is 0.306 e. The maximum Gasteiger partial charge on any atom is 0.306 e. The molecule has 1 N–H and O–H groups in total. The summed E-state index contributed by atoms with van der Waals surface area (Å²) in [6, 6.07) is 12.8. The summed E-state index contributed by atoms with van der Waals surface area (Å²) >= 11 is 0. The quantitative estimate of drug-likeness (QED) is 0.423. The van der Waals surface area contributed by atoms with Gasteiger partial charge in [-0.2, -0.15) is 0 Å². The van der Waals surface area contributed by atoms with Crippen LogP contribution in [0.5, 0.6) is 11.5 Å². The highest BCUT2D eigenvalue weighted by molar-refractivity contribution is 5.71. The fraction of sp³-hybridized carbons (Fsp3) is 0.379. The molecule has 182 valence electrons. The lowest BCUT2D eigenvalue weighted by Crippen LogP contribution is -2.22. The predicted molar refractivity (Wildman–Crippen MR) is 131 cm³/mol. The predicted octanol–water partition coefficient (Wildman–Crippen LogP) is 6.49. The molecule has 0 amide bonds. The molecule has 1 saturated carbocycles. The number of aliphatic carboxylic acids is 1. The number of carbonyl (C=O) groups is 1. The topological polar surface area (TPSA) is 68.7 Å². The lowest BCUT2D eigenvalue weighted by Gasteiger charge is -2.29. The number of carboxylic acid groups (broad SMARTS) is 1. The Balaban J connectivity index is 1.41. The van der Waals surface area contributed by atoms with E-state index < -0.39 is 11.9 Å². The van der Waals surface area contributed by atoms with Crippen molar-refractivity contribution in [3.05, 3.63) is 76.9 Å². The van der Waals surface area contributed by atoms with E-state index in [1.807, 2.05) is 19.1 Å². The van der Waals surface area contributed by atoms with Gasteiger partial charge in [0.1, 0.15) is 23.4 Å². The summed E-state index contributed by atoms with van der Waals surface area (Å²) < 4.78 is 26.1. The van der Waals surface area contributed by atoms with E-state index in [9.17, 15) is 14.3 Å². The number of aryl methyl sites for hydroxylation is 2. The number of hydrogen-bond donors (Lipinski definition) is 1. The van der Waals surface area contributed by atoms with Crippen molar-refractivity contribution in [1.29, 1.82) is 0 Å². The summed E-state index contributed by atoms with van der Waals surface area (Å²) in [5.41, 5.74) is 5.09. The van der Waals surface area contributed by atoms with Gasteiger partial charge in [0.25, 0.3) is 0 Å². The Bertz CT molecular complexity index is 1270. The van der Waals surface area contributed by atoms with Gasteiger partial charge in [0.2, 0.25) is 0 Å². The Hall–Kier alpha value is -3.41. The average Bonchev–Trinajstić information content (AvgIpc) is 3.69. The second kappa shape index (κ2) is 9.33. The highest BCUT2D eigenvalue weighted by Crippen LogP contribution is 2.48. The van der Waals surface area contributed by atoms with Gasteiger partial charge >= 0.3 is 5.97 Å². The van der Waals surface area contributed by atoms with E-state index in [-0.39, 0.29) is 17.8 Å². The Morgan fingerprint density at radius 3 is 2.66 bits per heavy atom. The summed E-state index contributed by atoms with van der Waals surface area (Å²) in [7, 11) is 1.56. The summed E-state index contributed by atoms with van der Waals surface area (Å²) in [4.78, 5) is 16.4. The van der Waals surface area contributed by atoms with Gasteiger partial charge in [-0.15, -0.1) is 0 Å². The molecular weight excluding hydrogens is 445 g/mol. The molecule has 5 nitrogen and oxygen atoms in total. The number of rotatable bonds is 7. The van der Waals surface area contributed by atoms with Crippen molar-refractivity contribution < 1.29 is 23.8 Å². The third kappa shape index (κ3) is 4.62. The van der Waals surface area contributed by atoms with E-state index in [4.69, 9.17) is 9.47 Å². The second-order valence-electron chi connectivity index (χ2n) is 9.77. The van der Waals surface area contributed by atoms with Crippen molar-refractivity contribution in [1.82, 2.24) is 4.98 Å². The zero-order chi connectivity index (χ0) is 24.7. The van der Waals surface area contributed by atoms with Crippen molar-refractivity contribution in [2.24, 2.45) is 11.8 Å². The minimum absolute atomic E-state index is 0.00122. The highest BCUT2D eigenvalue weighted by atomic mass is 19.1. The molecule has 3 aromatic rings. The van der Waals surface area contributed by atoms with Crippen LogP contribution in [0.3, 0.4) is 0 Å². The van der Waals surface area contributed by atoms with Crippen LogP contribution in [0.4, 0.5) is 4.39 Å². The van der Waals surface area contributed by atoms with Crippen LogP contribution in [0.25, 0.3) is 11.1 Å². The number of ether oxygens (including phenoxy) is 2. The van der Waals surface area contributed by atoms with Gasteiger partial charge in [0.05, 0.1) is 18.7 Å². The van der Waals surface area contributed by atoms with E-state index >= 15 is 0 Å². The molecule has 1 aliphatic heterocycles. The van der Waals surface area contributed by atoms with Crippen LogP contribution >= 0.6 is 0 Å². The second-order valence-corrected chi connectivity index (χ2v) is 9.77. The van der Waals surface area contributed by atoms with Crippen LogP contribution < -0.4 is 9.47 Å². The van der Waals surface area contributed by atoms with Crippen LogP contribution in [0.1, 0.15) is 60.6 Å². The molecule has 35 heavy (non-hydrogen) atoms. The molecular formula is C29H30FNO4. The molecule has 2 unspecified atom stereocenters. The number of halogens is 1. The zero-order valence-electron chi connectivity index (χ0n) is 20.3. The maximum atomic E-state index is 14.5. The maximum absolute atomic E-state index is 14.5. The number of fused-ring (bicyclic) bond motifs is 1. The normalized spacial score (nSPS) is 18.8. The number of pyridine rings is 1. The first-order chi connectivity index (χ1) is 16.9. The van der Waals surface area contributed by atoms with Gasteiger partial charge in [-0.3, -0.25) is 9.78 Å². The molecule has 3 atom stereocenters. The Kier molecular flexibility index (Phi) is 6.22. The molecule has 2 aromatic carbocycles. The molecule has 5 rings (SSSR count). The lowest BCUT2D eigenvalue weighted by molar-refractivity contribution is -0.142. The number of aromatic nitrogens is 1. The van der Waals surface area contributed by atoms with Crippen molar-refractivity contribution in [3.63, 3.8) is 0 Å². The summed E-state index contributed by atoms with van der Waals surface area (Å²) in [6.45, 7) is 3.77. The molecule has 2 aliphatic rings. The van der Waals surface area contributed by atoms with Crippen molar-refractivity contribution in [2.75, 3.05) is 7.11 Å². The van der Waals surface area contributed by atoms with Gasteiger partial charge < -0.3 is 14.6 Å². The molecule has 0 saturated heterocycles. The first-order valence-corrected chi connectivity index (χ1v) is 12.2. The average molecular weight is 476 g/mol. The minimum atomic E-state index is -0.759. The highest BCUT2D eigenvalue weighted by Gasteiger charge is 2.39. The van der Waals surface area contributed by atoms with Crippen LogP contribution in [0.15, 0.2) is 48.7 Å². The monoisotopic (exact) mass is 475 g/mol. The summed E-state index contributed by atoms with van der Waals surface area (Å²) in [6.07, 6.45) is 5.28. The van der Waals surface area contributed by atoms with Crippen molar-refractivity contribution >= 4 is 5.97 Å². The molecule has 2 heterocycles. The van der Waals surface area contributed by atoms with E-state index in [0.717, 1.165) is 53.8 Å². The van der Waals surface area contributed by atoms with Gasteiger partial charge in [0, 0.05) is 17.3 Å². The van der Waals surface area contributed by atoms with E-state index in [1.165, 1.54) is 6.07 Å². The van der Waals surface area contributed by atoms with Crippen LogP contribution in [0, 0.1) is 24.6 Å². The van der Waals surface area contributed by atoms with E-state index in [0.29, 0.717) is 22.8 Å². The summed E-state index contributed by atoms with van der Waals surface area (Å²) in [5, 5.41) is 9.63. The van der Waals surface area contributed by atoms with Gasteiger partial charge in [-0.05, 0) is 91.5 Å². The fourth-order valence-corrected chi connectivity index (χ4v) is 5.29. The number of carboxylic acids is 1. The van der Waals surface area contributed by atoms with Gasteiger partial charge in [-0.25, -0.2) is 4.39 Å².